The van der Waals surface area contributed by atoms with Gasteiger partial charge in [0.2, 0.25) is 11.8 Å². The van der Waals surface area contributed by atoms with Gasteiger partial charge >= 0.3 is 0 Å². The molecule has 2 aromatic carbocycles. The number of hydrogen-bond donors (Lipinski definition) is 1. The van der Waals surface area contributed by atoms with E-state index in [2.05, 4.69) is 10.3 Å². The molecule has 6 heteroatoms. The van der Waals surface area contributed by atoms with Gasteiger partial charge in [0.15, 0.2) is 0 Å². The Bertz CT molecular complexity index is 1110. The summed E-state index contributed by atoms with van der Waals surface area (Å²) in [7, 11) is 0. The van der Waals surface area contributed by atoms with Crippen LogP contribution in [0.4, 0.5) is 11.4 Å². The molecule has 0 bridgehead atoms. The maximum atomic E-state index is 12.9. The van der Waals surface area contributed by atoms with E-state index in [1.165, 1.54) is 0 Å². The second kappa shape index (κ2) is 7.78. The number of nitrogens with zero attached hydrogens (tertiary/aromatic N) is 3. The third-order valence-electron chi connectivity index (χ3n) is 6.07. The summed E-state index contributed by atoms with van der Waals surface area (Å²) in [5.74, 6) is 0.243. The van der Waals surface area contributed by atoms with Crippen LogP contribution in [0, 0.1) is 0 Å². The number of aromatic nitrogens is 1. The Morgan fingerprint density at radius 2 is 1.90 bits per heavy atom. The summed E-state index contributed by atoms with van der Waals surface area (Å²) in [5.41, 5.74) is 3.90. The summed E-state index contributed by atoms with van der Waals surface area (Å²) < 4.78 is 0. The normalized spacial score (nSPS) is 17.0. The highest BCUT2D eigenvalue weighted by Crippen LogP contribution is 2.33. The van der Waals surface area contributed by atoms with Crippen molar-refractivity contribution in [3.05, 3.63) is 66.4 Å². The number of rotatable bonds is 3. The number of piperidine rings is 1. The van der Waals surface area contributed by atoms with E-state index < -0.39 is 0 Å². The summed E-state index contributed by atoms with van der Waals surface area (Å²) in [5, 5.41) is 4.24. The molecule has 2 amide bonds. The highest BCUT2D eigenvalue weighted by molar-refractivity contribution is 6.03. The molecule has 0 saturated carbocycles. The number of benzene rings is 2. The molecule has 152 valence electrons. The molecule has 1 fully saturated rings. The van der Waals surface area contributed by atoms with E-state index >= 15 is 0 Å². The van der Waals surface area contributed by atoms with Crippen LogP contribution in [0.1, 0.15) is 18.4 Å². The second-order valence-electron chi connectivity index (χ2n) is 7.95. The molecular weight excluding hydrogens is 376 g/mol. The first-order valence-corrected chi connectivity index (χ1v) is 10.5. The molecule has 0 radical (unpaired) electrons. The number of para-hydroxylation sites is 2. The minimum Gasteiger partial charge on any atom is -0.374 e. The van der Waals surface area contributed by atoms with Gasteiger partial charge < -0.3 is 15.1 Å². The average Bonchev–Trinajstić information content (AvgIpc) is 2.79. The lowest BCUT2D eigenvalue weighted by molar-refractivity contribution is -0.131. The number of hydrogen-bond acceptors (Lipinski definition) is 4. The SMILES string of the molecule is O=C(Cc1ccc2ncccc2c1)N1CCC(N2C(=O)CNc3ccccc32)CC1. The zero-order valence-electron chi connectivity index (χ0n) is 16.8. The van der Waals surface area contributed by atoms with Crippen LogP contribution in [0.5, 0.6) is 0 Å². The lowest BCUT2D eigenvalue weighted by Crippen LogP contribution is -2.52. The van der Waals surface area contributed by atoms with Gasteiger partial charge in [-0.05, 0) is 48.7 Å². The topological polar surface area (TPSA) is 65.5 Å². The van der Waals surface area contributed by atoms with Crippen molar-refractivity contribution < 1.29 is 9.59 Å². The van der Waals surface area contributed by atoms with Crippen molar-refractivity contribution >= 4 is 34.1 Å². The van der Waals surface area contributed by atoms with E-state index in [0.29, 0.717) is 26.1 Å². The van der Waals surface area contributed by atoms with E-state index in [4.69, 9.17) is 0 Å². The fraction of sp³-hybridized carbons (Fsp3) is 0.292. The molecule has 0 unspecified atom stereocenters. The molecule has 0 aliphatic carbocycles. The van der Waals surface area contributed by atoms with Crippen LogP contribution in [0.15, 0.2) is 60.8 Å². The van der Waals surface area contributed by atoms with E-state index in [9.17, 15) is 9.59 Å². The Balaban J connectivity index is 1.24. The molecule has 5 rings (SSSR count). The largest absolute Gasteiger partial charge is 0.374 e. The van der Waals surface area contributed by atoms with E-state index in [-0.39, 0.29) is 17.9 Å². The zero-order chi connectivity index (χ0) is 20.5. The number of anilines is 2. The third-order valence-corrected chi connectivity index (χ3v) is 6.07. The molecule has 1 saturated heterocycles. The summed E-state index contributed by atoms with van der Waals surface area (Å²) >= 11 is 0. The molecule has 2 aliphatic rings. The van der Waals surface area contributed by atoms with Crippen molar-refractivity contribution in [1.82, 2.24) is 9.88 Å². The van der Waals surface area contributed by atoms with Crippen LogP contribution >= 0.6 is 0 Å². The predicted octanol–water partition coefficient (Wildman–Crippen LogP) is 3.23. The van der Waals surface area contributed by atoms with Crippen molar-refractivity contribution in [2.24, 2.45) is 0 Å². The van der Waals surface area contributed by atoms with Crippen molar-refractivity contribution in [3.8, 4) is 0 Å². The Labute approximate surface area is 175 Å². The average molecular weight is 400 g/mol. The van der Waals surface area contributed by atoms with Crippen LogP contribution in [-0.2, 0) is 16.0 Å². The molecule has 1 aromatic heterocycles. The Kier molecular flexibility index (Phi) is 4.83. The number of pyridine rings is 1. The fourth-order valence-corrected chi connectivity index (χ4v) is 4.52. The molecule has 6 nitrogen and oxygen atoms in total. The molecule has 3 aromatic rings. The summed E-state index contributed by atoms with van der Waals surface area (Å²) in [4.78, 5) is 33.7. The van der Waals surface area contributed by atoms with Gasteiger partial charge in [-0.2, -0.15) is 0 Å². The number of likely N-dealkylation sites (tertiary alicyclic amines) is 1. The molecule has 30 heavy (non-hydrogen) atoms. The lowest BCUT2D eigenvalue weighted by atomic mass is 9.99. The maximum absolute atomic E-state index is 12.9. The number of amides is 2. The first kappa shape index (κ1) is 18.6. The molecular formula is C24H24N4O2. The minimum atomic E-state index is 0.100. The first-order valence-electron chi connectivity index (χ1n) is 10.5. The van der Waals surface area contributed by atoms with Gasteiger partial charge in [0.25, 0.3) is 0 Å². The number of fused-ring (bicyclic) bond motifs is 2. The van der Waals surface area contributed by atoms with Crippen molar-refractivity contribution in [3.63, 3.8) is 0 Å². The van der Waals surface area contributed by atoms with Gasteiger partial charge in [0.05, 0.1) is 29.9 Å². The van der Waals surface area contributed by atoms with Gasteiger partial charge in [-0.15, -0.1) is 0 Å². The summed E-state index contributed by atoms with van der Waals surface area (Å²) in [6.45, 7) is 1.68. The molecule has 3 heterocycles. The lowest BCUT2D eigenvalue weighted by Gasteiger charge is -2.41. The van der Waals surface area contributed by atoms with Crippen molar-refractivity contribution in [2.75, 3.05) is 29.9 Å². The van der Waals surface area contributed by atoms with Gasteiger partial charge in [-0.1, -0.05) is 24.3 Å². The summed E-state index contributed by atoms with van der Waals surface area (Å²) in [6.07, 6.45) is 3.77. The van der Waals surface area contributed by atoms with Crippen molar-refractivity contribution in [2.45, 2.75) is 25.3 Å². The predicted molar refractivity (Wildman–Crippen MR) is 117 cm³/mol. The molecule has 0 atom stereocenters. The van der Waals surface area contributed by atoms with Crippen LogP contribution in [-0.4, -0.2) is 47.4 Å². The molecule has 0 spiro atoms. The van der Waals surface area contributed by atoms with E-state index in [1.54, 1.807) is 6.20 Å². The van der Waals surface area contributed by atoms with Crippen LogP contribution in [0.2, 0.25) is 0 Å². The van der Waals surface area contributed by atoms with Gasteiger partial charge in [0, 0.05) is 30.7 Å². The first-order chi connectivity index (χ1) is 14.7. The number of carbonyl (C=O) groups excluding carboxylic acids is 2. The standard InChI is InChI=1S/C24H24N4O2/c29-23(15-17-7-8-20-18(14-17)4-3-11-25-20)27-12-9-19(10-13-27)28-22-6-2-1-5-21(22)26-16-24(28)30/h1-8,11,14,19,26H,9-10,12-13,15-16H2. The third kappa shape index (κ3) is 3.49. The van der Waals surface area contributed by atoms with E-state index in [1.807, 2.05) is 64.4 Å². The van der Waals surface area contributed by atoms with Crippen LogP contribution < -0.4 is 10.2 Å². The maximum Gasteiger partial charge on any atom is 0.246 e. The summed E-state index contributed by atoms with van der Waals surface area (Å²) in [6, 6.07) is 18.0. The van der Waals surface area contributed by atoms with Gasteiger partial charge in [-0.25, -0.2) is 0 Å². The molecule has 1 N–H and O–H groups in total. The van der Waals surface area contributed by atoms with E-state index in [0.717, 1.165) is 40.7 Å². The number of carbonyl (C=O) groups is 2. The quantitative estimate of drug-likeness (QED) is 0.733. The Morgan fingerprint density at radius 3 is 2.77 bits per heavy atom. The highest BCUT2D eigenvalue weighted by atomic mass is 16.2. The van der Waals surface area contributed by atoms with Crippen LogP contribution in [0.25, 0.3) is 10.9 Å². The highest BCUT2D eigenvalue weighted by Gasteiger charge is 2.33. The monoisotopic (exact) mass is 400 g/mol. The fourth-order valence-electron chi connectivity index (χ4n) is 4.52. The van der Waals surface area contributed by atoms with Crippen LogP contribution in [0.3, 0.4) is 0 Å². The smallest absolute Gasteiger partial charge is 0.246 e. The van der Waals surface area contributed by atoms with Crippen molar-refractivity contribution in [1.29, 1.82) is 0 Å². The number of nitrogens with one attached hydrogen (secondary N) is 1. The van der Waals surface area contributed by atoms with Gasteiger partial charge in [0.1, 0.15) is 0 Å². The second-order valence-corrected chi connectivity index (χ2v) is 7.95. The molecule has 2 aliphatic heterocycles. The Hall–Kier alpha value is -3.41. The Morgan fingerprint density at radius 1 is 1.07 bits per heavy atom. The zero-order valence-corrected chi connectivity index (χ0v) is 16.8. The van der Waals surface area contributed by atoms with Gasteiger partial charge in [-0.3, -0.25) is 14.6 Å². The minimum absolute atomic E-state index is 0.100.